The SMILES string of the molecule is O=C(NN=Cc1cc2ccccc2nc1Cl)[C@H]1COc2ccccc2O1. The van der Waals surface area contributed by atoms with Crippen LogP contribution in [0.2, 0.25) is 5.15 Å². The Kier molecular flexibility index (Phi) is 4.41. The zero-order valence-corrected chi connectivity index (χ0v) is 14.3. The maximum Gasteiger partial charge on any atom is 0.284 e. The van der Waals surface area contributed by atoms with Crippen LogP contribution in [0.1, 0.15) is 5.56 Å². The first-order valence-corrected chi connectivity index (χ1v) is 8.35. The van der Waals surface area contributed by atoms with Crippen molar-refractivity contribution in [2.45, 2.75) is 6.10 Å². The van der Waals surface area contributed by atoms with Crippen LogP contribution in [0.25, 0.3) is 10.9 Å². The number of benzene rings is 2. The smallest absolute Gasteiger partial charge is 0.284 e. The standard InChI is InChI=1S/C19H14ClN3O3/c20-18-13(9-12-5-1-2-6-14(12)22-18)10-21-23-19(24)17-11-25-15-7-3-4-8-16(15)26-17/h1-10,17H,11H2,(H,23,24)/t17-/m1/s1. The first-order chi connectivity index (χ1) is 12.7. The summed E-state index contributed by atoms with van der Waals surface area (Å²) in [5.74, 6) is 0.749. The molecule has 1 aliphatic heterocycles. The van der Waals surface area contributed by atoms with E-state index < -0.39 is 12.0 Å². The van der Waals surface area contributed by atoms with Crippen LogP contribution in [-0.2, 0) is 4.79 Å². The van der Waals surface area contributed by atoms with E-state index in [-0.39, 0.29) is 6.61 Å². The summed E-state index contributed by atoms with van der Waals surface area (Å²) < 4.78 is 11.1. The first kappa shape index (κ1) is 16.4. The van der Waals surface area contributed by atoms with Gasteiger partial charge >= 0.3 is 0 Å². The van der Waals surface area contributed by atoms with E-state index in [9.17, 15) is 4.79 Å². The van der Waals surface area contributed by atoms with Crippen LogP contribution in [0, 0.1) is 0 Å². The molecule has 2 heterocycles. The molecule has 0 saturated carbocycles. The summed E-state index contributed by atoms with van der Waals surface area (Å²) in [4.78, 5) is 16.5. The van der Waals surface area contributed by atoms with Gasteiger partial charge in [0.1, 0.15) is 11.8 Å². The lowest BCUT2D eigenvalue weighted by molar-refractivity contribution is -0.130. The predicted molar refractivity (Wildman–Crippen MR) is 98.8 cm³/mol. The third kappa shape index (κ3) is 3.32. The van der Waals surface area contributed by atoms with Crippen molar-refractivity contribution in [2.75, 3.05) is 6.61 Å². The quantitative estimate of drug-likeness (QED) is 0.438. The summed E-state index contributed by atoms with van der Waals surface area (Å²) in [5.41, 5.74) is 3.85. The Hall–Kier alpha value is -3.12. The van der Waals surface area contributed by atoms with Crippen LogP contribution in [-0.4, -0.2) is 29.8 Å². The van der Waals surface area contributed by atoms with Gasteiger partial charge in [0.25, 0.3) is 5.91 Å². The fourth-order valence-electron chi connectivity index (χ4n) is 2.59. The van der Waals surface area contributed by atoms with E-state index in [1.165, 1.54) is 6.21 Å². The number of ether oxygens (including phenoxy) is 2. The second-order valence-corrected chi connectivity index (χ2v) is 6.02. The van der Waals surface area contributed by atoms with Gasteiger partial charge in [0, 0.05) is 10.9 Å². The fraction of sp³-hybridized carbons (Fsp3) is 0.105. The summed E-state index contributed by atoms with van der Waals surface area (Å²) in [6.45, 7) is 0.122. The molecule has 1 atom stereocenters. The first-order valence-electron chi connectivity index (χ1n) is 7.97. The lowest BCUT2D eigenvalue weighted by atomic mass is 10.2. The number of amides is 1. The minimum atomic E-state index is -0.771. The van der Waals surface area contributed by atoms with Gasteiger partial charge in [-0.25, -0.2) is 10.4 Å². The zero-order chi connectivity index (χ0) is 17.9. The number of hydrogen-bond acceptors (Lipinski definition) is 5. The monoisotopic (exact) mass is 367 g/mol. The van der Waals surface area contributed by atoms with Gasteiger partial charge in [-0.3, -0.25) is 4.79 Å². The highest BCUT2D eigenvalue weighted by Crippen LogP contribution is 2.30. The highest BCUT2D eigenvalue weighted by molar-refractivity contribution is 6.32. The second kappa shape index (κ2) is 7.01. The molecule has 0 radical (unpaired) electrons. The van der Waals surface area contributed by atoms with Crippen LogP contribution >= 0.6 is 11.6 Å². The molecule has 1 aromatic heterocycles. The molecule has 1 N–H and O–H groups in total. The molecule has 0 saturated heterocycles. The van der Waals surface area contributed by atoms with Gasteiger partial charge in [0.05, 0.1) is 11.7 Å². The van der Waals surface area contributed by atoms with Gasteiger partial charge in [-0.15, -0.1) is 0 Å². The summed E-state index contributed by atoms with van der Waals surface area (Å²) >= 11 is 6.16. The van der Waals surface area contributed by atoms with E-state index in [4.69, 9.17) is 21.1 Å². The van der Waals surface area contributed by atoms with E-state index in [0.717, 1.165) is 10.9 Å². The van der Waals surface area contributed by atoms with Gasteiger partial charge < -0.3 is 9.47 Å². The number of nitrogens with zero attached hydrogens (tertiary/aromatic N) is 2. The van der Waals surface area contributed by atoms with Crippen LogP contribution < -0.4 is 14.9 Å². The largest absolute Gasteiger partial charge is 0.485 e. The number of para-hydroxylation sites is 3. The number of carbonyl (C=O) groups excluding carboxylic acids is 1. The Bertz CT molecular complexity index is 1010. The Labute approximate surface area is 154 Å². The Balaban J connectivity index is 1.44. The molecule has 1 amide bonds. The molecule has 130 valence electrons. The molecule has 2 aromatic carbocycles. The number of carbonyl (C=O) groups is 1. The average Bonchev–Trinajstić information content (AvgIpc) is 2.68. The predicted octanol–water partition coefficient (Wildman–Crippen LogP) is 3.18. The molecule has 3 aromatic rings. The normalized spacial score (nSPS) is 16.0. The van der Waals surface area contributed by atoms with Crippen molar-refractivity contribution in [1.29, 1.82) is 0 Å². The maximum atomic E-state index is 12.2. The van der Waals surface area contributed by atoms with Gasteiger partial charge in [-0.05, 0) is 24.3 Å². The molecular formula is C19H14ClN3O3. The topological polar surface area (TPSA) is 72.8 Å². The molecule has 4 rings (SSSR count). The highest BCUT2D eigenvalue weighted by atomic mass is 35.5. The van der Waals surface area contributed by atoms with Gasteiger partial charge in [-0.2, -0.15) is 5.10 Å². The molecule has 0 bridgehead atoms. The number of nitrogens with one attached hydrogen (secondary N) is 1. The Morgan fingerprint density at radius 2 is 1.96 bits per heavy atom. The molecule has 0 fully saturated rings. The molecular weight excluding hydrogens is 354 g/mol. The van der Waals surface area contributed by atoms with Crippen LogP contribution in [0.4, 0.5) is 0 Å². The van der Waals surface area contributed by atoms with Crippen molar-refractivity contribution < 1.29 is 14.3 Å². The van der Waals surface area contributed by atoms with Crippen molar-refractivity contribution >= 4 is 34.6 Å². The van der Waals surface area contributed by atoms with Gasteiger partial charge in [0.15, 0.2) is 11.5 Å². The molecule has 0 aliphatic carbocycles. The van der Waals surface area contributed by atoms with Crippen molar-refractivity contribution in [3.63, 3.8) is 0 Å². The number of halogens is 1. The molecule has 26 heavy (non-hydrogen) atoms. The summed E-state index contributed by atoms with van der Waals surface area (Å²) in [6.07, 6.45) is 0.685. The summed E-state index contributed by atoms with van der Waals surface area (Å²) in [5, 5.41) is 5.20. The van der Waals surface area contributed by atoms with Crippen molar-refractivity contribution in [3.05, 3.63) is 65.3 Å². The third-order valence-corrected chi connectivity index (χ3v) is 4.19. The van der Waals surface area contributed by atoms with Crippen LogP contribution in [0.3, 0.4) is 0 Å². The number of rotatable bonds is 3. The molecule has 7 heteroatoms. The number of hydrazone groups is 1. The number of pyridine rings is 1. The number of aromatic nitrogens is 1. The van der Waals surface area contributed by atoms with Crippen LogP contribution in [0.5, 0.6) is 11.5 Å². The van der Waals surface area contributed by atoms with Crippen molar-refractivity contribution in [2.24, 2.45) is 5.10 Å². The lowest BCUT2D eigenvalue weighted by Crippen LogP contribution is -2.42. The molecule has 1 aliphatic rings. The number of hydrogen-bond donors (Lipinski definition) is 1. The van der Waals surface area contributed by atoms with Crippen LogP contribution in [0.15, 0.2) is 59.7 Å². The van der Waals surface area contributed by atoms with Crippen molar-refractivity contribution in [1.82, 2.24) is 10.4 Å². The van der Waals surface area contributed by atoms with Gasteiger partial charge in [0.2, 0.25) is 6.10 Å². The molecule has 6 nitrogen and oxygen atoms in total. The molecule has 0 spiro atoms. The summed E-state index contributed by atoms with van der Waals surface area (Å²) in [6, 6.07) is 16.7. The number of fused-ring (bicyclic) bond motifs is 2. The fourth-order valence-corrected chi connectivity index (χ4v) is 2.78. The Morgan fingerprint density at radius 3 is 2.85 bits per heavy atom. The van der Waals surface area contributed by atoms with E-state index in [0.29, 0.717) is 22.2 Å². The Morgan fingerprint density at radius 1 is 1.19 bits per heavy atom. The second-order valence-electron chi connectivity index (χ2n) is 5.66. The van der Waals surface area contributed by atoms with E-state index in [2.05, 4.69) is 15.5 Å². The van der Waals surface area contributed by atoms with E-state index in [1.807, 2.05) is 42.5 Å². The minimum absolute atomic E-state index is 0.122. The third-order valence-electron chi connectivity index (χ3n) is 3.88. The lowest BCUT2D eigenvalue weighted by Gasteiger charge is -2.24. The highest BCUT2D eigenvalue weighted by Gasteiger charge is 2.26. The van der Waals surface area contributed by atoms with E-state index >= 15 is 0 Å². The zero-order valence-electron chi connectivity index (χ0n) is 13.6. The van der Waals surface area contributed by atoms with Crippen molar-refractivity contribution in [3.8, 4) is 11.5 Å². The minimum Gasteiger partial charge on any atom is -0.485 e. The maximum absolute atomic E-state index is 12.2. The average molecular weight is 368 g/mol. The van der Waals surface area contributed by atoms with E-state index in [1.54, 1.807) is 12.1 Å². The van der Waals surface area contributed by atoms with Gasteiger partial charge in [-0.1, -0.05) is 41.9 Å². The summed E-state index contributed by atoms with van der Waals surface area (Å²) in [7, 11) is 0. The molecule has 0 unspecified atom stereocenters.